The maximum Gasteiger partial charge on any atom is 0.224 e. The number of methoxy groups -OCH3 is 1. The summed E-state index contributed by atoms with van der Waals surface area (Å²) in [7, 11) is 1.66. The van der Waals surface area contributed by atoms with E-state index in [4.69, 9.17) is 16.3 Å². The Balaban J connectivity index is 2.21. The number of halogens is 1. The van der Waals surface area contributed by atoms with Crippen LogP contribution in [0.3, 0.4) is 0 Å². The molecule has 1 aromatic carbocycles. The van der Waals surface area contributed by atoms with Gasteiger partial charge in [0.05, 0.1) is 12.3 Å². The van der Waals surface area contributed by atoms with Gasteiger partial charge in [-0.1, -0.05) is 30.3 Å². The molecule has 5 heteroatoms. The van der Waals surface area contributed by atoms with Crippen LogP contribution >= 0.6 is 11.6 Å². The quantitative estimate of drug-likeness (QED) is 0.666. The number of hydrogen-bond acceptors (Lipinski definition) is 4. The number of rotatable bonds is 5. The highest BCUT2D eigenvalue weighted by Gasteiger charge is 2.04. The van der Waals surface area contributed by atoms with E-state index in [0.29, 0.717) is 19.0 Å². The minimum absolute atomic E-state index is 0.233. The van der Waals surface area contributed by atoms with E-state index < -0.39 is 0 Å². The Labute approximate surface area is 111 Å². The van der Waals surface area contributed by atoms with Crippen molar-refractivity contribution in [3.8, 4) is 11.3 Å². The lowest BCUT2D eigenvalue weighted by atomic mass is 10.1. The third-order valence-electron chi connectivity index (χ3n) is 2.38. The van der Waals surface area contributed by atoms with Crippen LogP contribution in [0.15, 0.2) is 36.4 Å². The summed E-state index contributed by atoms with van der Waals surface area (Å²) in [5.41, 5.74) is 1.81. The molecule has 0 atom stereocenters. The minimum atomic E-state index is 0.233. The van der Waals surface area contributed by atoms with E-state index in [1.165, 1.54) is 0 Å². The van der Waals surface area contributed by atoms with Crippen molar-refractivity contribution in [2.45, 2.75) is 0 Å². The van der Waals surface area contributed by atoms with Crippen LogP contribution in [0.25, 0.3) is 11.3 Å². The van der Waals surface area contributed by atoms with Crippen molar-refractivity contribution >= 4 is 17.4 Å². The lowest BCUT2D eigenvalue weighted by Crippen LogP contribution is -2.09. The van der Waals surface area contributed by atoms with Crippen molar-refractivity contribution in [2.75, 3.05) is 25.6 Å². The molecule has 0 saturated heterocycles. The largest absolute Gasteiger partial charge is 0.383 e. The van der Waals surface area contributed by atoms with Crippen LogP contribution in [0.1, 0.15) is 0 Å². The zero-order valence-electron chi connectivity index (χ0n) is 10.1. The van der Waals surface area contributed by atoms with Crippen molar-refractivity contribution in [1.82, 2.24) is 9.97 Å². The van der Waals surface area contributed by atoms with Crippen molar-refractivity contribution < 1.29 is 4.74 Å². The first kappa shape index (κ1) is 12.8. The molecule has 0 aliphatic rings. The van der Waals surface area contributed by atoms with E-state index >= 15 is 0 Å². The zero-order chi connectivity index (χ0) is 12.8. The molecule has 2 aromatic rings. The minimum Gasteiger partial charge on any atom is -0.383 e. The molecule has 0 unspecified atom stereocenters. The molecule has 0 spiro atoms. The first-order valence-electron chi connectivity index (χ1n) is 5.62. The van der Waals surface area contributed by atoms with Crippen molar-refractivity contribution in [1.29, 1.82) is 0 Å². The maximum absolute atomic E-state index is 5.92. The lowest BCUT2D eigenvalue weighted by Gasteiger charge is -2.07. The molecule has 0 saturated carbocycles. The fourth-order valence-corrected chi connectivity index (χ4v) is 1.73. The van der Waals surface area contributed by atoms with Gasteiger partial charge in [-0.25, -0.2) is 9.97 Å². The van der Waals surface area contributed by atoms with Gasteiger partial charge in [-0.15, -0.1) is 0 Å². The highest BCUT2D eigenvalue weighted by atomic mass is 35.5. The van der Waals surface area contributed by atoms with Crippen LogP contribution in [0, 0.1) is 0 Å². The molecular formula is C13H14ClN3O. The van der Waals surface area contributed by atoms with Gasteiger partial charge < -0.3 is 10.1 Å². The zero-order valence-corrected chi connectivity index (χ0v) is 10.8. The summed E-state index contributed by atoms with van der Waals surface area (Å²) in [5.74, 6) is 0.700. The number of ether oxygens (including phenoxy) is 1. The second kappa shape index (κ2) is 6.33. The topological polar surface area (TPSA) is 47.0 Å². The van der Waals surface area contributed by atoms with Crippen molar-refractivity contribution in [3.05, 3.63) is 41.7 Å². The molecule has 2 rings (SSSR count). The van der Waals surface area contributed by atoms with Crippen molar-refractivity contribution in [3.63, 3.8) is 0 Å². The van der Waals surface area contributed by atoms with E-state index in [0.717, 1.165) is 11.3 Å². The lowest BCUT2D eigenvalue weighted by molar-refractivity contribution is 0.210. The van der Waals surface area contributed by atoms with E-state index in [1.54, 1.807) is 7.11 Å². The summed E-state index contributed by atoms with van der Waals surface area (Å²) in [5, 5.41) is 3.37. The van der Waals surface area contributed by atoms with E-state index in [-0.39, 0.29) is 5.28 Å². The molecule has 0 aliphatic carbocycles. The van der Waals surface area contributed by atoms with Crippen LogP contribution in [0.5, 0.6) is 0 Å². The summed E-state index contributed by atoms with van der Waals surface area (Å²) in [6, 6.07) is 11.7. The van der Waals surface area contributed by atoms with Gasteiger partial charge in [0.2, 0.25) is 5.28 Å². The van der Waals surface area contributed by atoms with Gasteiger partial charge in [0, 0.05) is 25.3 Å². The fraction of sp³-hybridized carbons (Fsp3) is 0.231. The number of nitrogens with zero attached hydrogens (tertiary/aromatic N) is 2. The van der Waals surface area contributed by atoms with Gasteiger partial charge in [0.1, 0.15) is 5.82 Å². The Morgan fingerprint density at radius 1 is 1.22 bits per heavy atom. The van der Waals surface area contributed by atoms with Gasteiger partial charge in [0.15, 0.2) is 0 Å². The second-order valence-electron chi connectivity index (χ2n) is 3.69. The van der Waals surface area contributed by atoms with Gasteiger partial charge in [-0.05, 0) is 11.6 Å². The van der Waals surface area contributed by atoms with Crippen LogP contribution in [0.4, 0.5) is 5.82 Å². The normalized spacial score (nSPS) is 10.3. The molecule has 1 heterocycles. The highest BCUT2D eigenvalue weighted by molar-refractivity contribution is 6.28. The average molecular weight is 264 g/mol. The molecule has 18 heavy (non-hydrogen) atoms. The van der Waals surface area contributed by atoms with Crippen LogP contribution < -0.4 is 5.32 Å². The smallest absolute Gasteiger partial charge is 0.224 e. The van der Waals surface area contributed by atoms with Gasteiger partial charge in [-0.3, -0.25) is 0 Å². The molecular weight excluding hydrogens is 250 g/mol. The van der Waals surface area contributed by atoms with Crippen LogP contribution in [-0.2, 0) is 4.74 Å². The van der Waals surface area contributed by atoms with Crippen molar-refractivity contribution in [2.24, 2.45) is 0 Å². The number of aromatic nitrogens is 2. The molecule has 1 N–H and O–H groups in total. The number of nitrogens with one attached hydrogen (secondary N) is 1. The second-order valence-corrected chi connectivity index (χ2v) is 4.03. The molecule has 4 nitrogen and oxygen atoms in total. The molecule has 0 aliphatic heterocycles. The Kier molecular flexibility index (Phi) is 4.50. The summed E-state index contributed by atoms with van der Waals surface area (Å²) in [6.07, 6.45) is 0. The fourth-order valence-electron chi connectivity index (χ4n) is 1.55. The molecule has 0 fully saturated rings. The first-order valence-corrected chi connectivity index (χ1v) is 6.00. The van der Waals surface area contributed by atoms with Crippen LogP contribution in [0.2, 0.25) is 5.28 Å². The number of benzene rings is 1. The Bertz CT molecular complexity index is 505. The Morgan fingerprint density at radius 2 is 2.00 bits per heavy atom. The third-order valence-corrected chi connectivity index (χ3v) is 2.55. The van der Waals surface area contributed by atoms with E-state index in [9.17, 15) is 0 Å². The molecule has 94 valence electrons. The molecule has 0 radical (unpaired) electrons. The SMILES string of the molecule is COCCNc1cc(-c2ccccc2)nc(Cl)n1. The maximum atomic E-state index is 5.92. The monoisotopic (exact) mass is 263 g/mol. The Morgan fingerprint density at radius 3 is 2.72 bits per heavy atom. The number of hydrogen-bond donors (Lipinski definition) is 1. The van der Waals surface area contributed by atoms with E-state index in [2.05, 4.69) is 15.3 Å². The third kappa shape index (κ3) is 3.42. The average Bonchev–Trinajstić information content (AvgIpc) is 2.39. The highest BCUT2D eigenvalue weighted by Crippen LogP contribution is 2.20. The van der Waals surface area contributed by atoms with Gasteiger partial charge in [-0.2, -0.15) is 0 Å². The number of anilines is 1. The van der Waals surface area contributed by atoms with E-state index in [1.807, 2.05) is 36.4 Å². The predicted molar refractivity (Wildman–Crippen MR) is 72.8 cm³/mol. The van der Waals surface area contributed by atoms with Crippen LogP contribution in [-0.4, -0.2) is 30.2 Å². The summed E-state index contributed by atoms with van der Waals surface area (Å²) in [6.45, 7) is 1.29. The predicted octanol–water partition coefficient (Wildman–Crippen LogP) is 2.86. The Hall–Kier alpha value is -1.65. The molecule has 0 amide bonds. The summed E-state index contributed by atoms with van der Waals surface area (Å²) in [4.78, 5) is 8.33. The first-order chi connectivity index (χ1) is 8.79. The molecule has 0 bridgehead atoms. The van der Waals surface area contributed by atoms with Gasteiger partial charge in [0.25, 0.3) is 0 Å². The summed E-state index contributed by atoms with van der Waals surface area (Å²) < 4.78 is 4.97. The standard InChI is InChI=1S/C13H14ClN3O/c1-18-8-7-15-12-9-11(16-13(14)17-12)10-5-3-2-4-6-10/h2-6,9H,7-8H2,1H3,(H,15,16,17). The summed E-state index contributed by atoms with van der Waals surface area (Å²) >= 11 is 5.92. The molecule has 1 aromatic heterocycles. The van der Waals surface area contributed by atoms with Gasteiger partial charge >= 0.3 is 0 Å².